The molecule has 0 saturated heterocycles. The molecule has 8 heteroatoms. The summed E-state index contributed by atoms with van der Waals surface area (Å²) in [6, 6.07) is 15.1. The summed E-state index contributed by atoms with van der Waals surface area (Å²) in [7, 11) is 4.62. The Kier molecular flexibility index (Phi) is 7.81. The number of Topliss-reactive ketones (excluding diaryl/α,β-unsaturated/α-hetero) is 1. The van der Waals surface area contributed by atoms with Gasteiger partial charge in [0.1, 0.15) is 18.2 Å². The molecule has 0 aliphatic rings. The molecule has 7 nitrogen and oxygen atoms in total. The molecule has 1 heterocycles. The van der Waals surface area contributed by atoms with Crippen LogP contribution in [0.4, 0.5) is 5.82 Å². The van der Waals surface area contributed by atoms with Gasteiger partial charge in [-0.25, -0.2) is 0 Å². The number of ketones is 1. The zero-order valence-electron chi connectivity index (χ0n) is 17.6. The molecule has 0 unspecified atom stereocenters. The number of aromatic nitrogens is 2. The molecule has 1 N–H and O–H groups in total. The first-order chi connectivity index (χ1) is 15.0. The van der Waals surface area contributed by atoms with E-state index in [-0.39, 0.29) is 18.4 Å². The van der Waals surface area contributed by atoms with Crippen molar-refractivity contribution in [2.45, 2.75) is 6.42 Å². The smallest absolute Gasteiger partial charge is 0.318 e. The van der Waals surface area contributed by atoms with Crippen LogP contribution in [0.5, 0.6) is 11.8 Å². The molecule has 0 amide bonds. The normalized spacial score (nSPS) is 10.6. The van der Waals surface area contributed by atoms with Crippen molar-refractivity contribution < 1.29 is 19.0 Å². The van der Waals surface area contributed by atoms with Gasteiger partial charge in [0, 0.05) is 30.8 Å². The standard InChI is InChI=1S/C23H24ClN3O4/c1-29-14-21(28)18-12-16(6-9-19(18)24)20-13-22(27-23(26-20)31-3)25-11-10-15-4-7-17(30-2)8-5-15/h4-9,12-13H,10-11,14H2,1-3H3,(H,25,26,27). The van der Waals surface area contributed by atoms with Gasteiger partial charge in [-0.3, -0.25) is 4.79 Å². The molecule has 0 atom stereocenters. The van der Waals surface area contributed by atoms with E-state index in [0.717, 1.165) is 17.7 Å². The average Bonchev–Trinajstić information content (AvgIpc) is 2.79. The highest BCUT2D eigenvalue weighted by Gasteiger charge is 2.14. The number of anilines is 1. The topological polar surface area (TPSA) is 82.6 Å². The summed E-state index contributed by atoms with van der Waals surface area (Å²) in [5.74, 6) is 1.25. The first-order valence-electron chi connectivity index (χ1n) is 9.66. The van der Waals surface area contributed by atoms with Gasteiger partial charge in [0.15, 0.2) is 5.78 Å². The number of carbonyl (C=O) groups is 1. The quantitative estimate of drug-likeness (QED) is 0.469. The monoisotopic (exact) mass is 441 g/mol. The van der Waals surface area contributed by atoms with Crippen molar-refractivity contribution in [2.24, 2.45) is 0 Å². The lowest BCUT2D eigenvalue weighted by atomic mass is 10.0. The summed E-state index contributed by atoms with van der Waals surface area (Å²) < 4.78 is 15.4. The number of methoxy groups -OCH3 is 3. The molecule has 0 radical (unpaired) electrons. The lowest BCUT2D eigenvalue weighted by Gasteiger charge is -2.11. The molecule has 0 saturated carbocycles. The van der Waals surface area contributed by atoms with Crippen LogP contribution < -0.4 is 14.8 Å². The van der Waals surface area contributed by atoms with Crippen LogP contribution in [0.25, 0.3) is 11.3 Å². The van der Waals surface area contributed by atoms with Crippen molar-refractivity contribution in [1.82, 2.24) is 9.97 Å². The Labute approximate surface area is 186 Å². The van der Waals surface area contributed by atoms with Crippen molar-refractivity contribution in [3.8, 4) is 23.0 Å². The van der Waals surface area contributed by atoms with Gasteiger partial charge < -0.3 is 19.5 Å². The minimum atomic E-state index is -0.201. The van der Waals surface area contributed by atoms with Crippen LogP contribution in [0.2, 0.25) is 5.02 Å². The van der Waals surface area contributed by atoms with Crippen molar-refractivity contribution in [3.05, 3.63) is 64.7 Å². The molecule has 1 aromatic heterocycles. The van der Waals surface area contributed by atoms with E-state index in [1.165, 1.54) is 19.8 Å². The highest BCUT2D eigenvalue weighted by molar-refractivity contribution is 6.34. The molecular formula is C23H24ClN3O4. The van der Waals surface area contributed by atoms with Crippen LogP contribution >= 0.6 is 11.6 Å². The van der Waals surface area contributed by atoms with Gasteiger partial charge >= 0.3 is 6.01 Å². The second kappa shape index (κ2) is 10.7. The number of ether oxygens (including phenoxy) is 3. The van der Waals surface area contributed by atoms with Gasteiger partial charge in [-0.05, 0) is 36.2 Å². The fourth-order valence-corrected chi connectivity index (χ4v) is 3.21. The minimum Gasteiger partial charge on any atom is -0.497 e. The van der Waals surface area contributed by atoms with Crippen LogP contribution in [0, 0.1) is 0 Å². The number of rotatable bonds is 10. The van der Waals surface area contributed by atoms with Crippen LogP contribution in [-0.2, 0) is 11.2 Å². The van der Waals surface area contributed by atoms with Gasteiger partial charge in [0.25, 0.3) is 0 Å². The second-order valence-corrected chi connectivity index (χ2v) is 7.11. The SMILES string of the molecule is COCC(=O)c1cc(-c2cc(NCCc3ccc(OC)cc3)nc(OC)n2)ccc1Cl. The number of hydrogen-bond acceptors (Lipinski definition) is 7. The van der Waals surface area contributed by atoms with E-state index in [1.807, 2.05) is 30.3 Å². The predicted octanol–water partition coefficient (Wildman–Crippen LogP) is 4.30. The van der Waals surface area contributed by atoms with E-state index >= 15 is 0 Å². The number of carbonyl (C=O) groups excluding carboxylic acids is 1. The molecule has 3 rings (SSSR count). The van der Waals surface area contributed by atoms with Gasteiger partial charge in [-0.15, -0.1) is 0 Å². The Balaban J connectivity index is 1.78. The van der Waals surface area contributed by atoms with Gasteiger partial charge in [0.05, 0.1) is 24.9 Å². The van der Waals surface area contributed by atoms with Gasteiger partial charge in [-0.1, -0.05) is 29.8 Å². The fraction of sp³-hybridized carbons (Fsp3) is 0.261. The van der Waals surface area contributed by atoms with E-state index in [2.05, 4.69) is 15.3 Å². The highest BCUT2D eigenvalue weighted by atomic mass is 35.5. The lowest BCUT2D eigenvalue weighted by molar-refractivity contribution is 0.0848. The predicted molar refractivity (Wildman–Crippen MR) is 120 cm³/mol. The Hall–Kier alpha value is -3.16. The molecule has 3 aromatic rings. The van der Waals surface area contributed by atoms with Gasteiger partial charge in [0.2, 0.25) is 0 Å². The third-order valence-corrected chi connectivity index (χ3v) is 4.93. The van der Waals surface area contributed by atoms with Crippen molar-refractivity contribution in [1.29, 1.82) is 0 Å². The molecule has 31 heavy (non-hydrogen) atoms. The number of benzene rings is 2. The van der Waals surface area contributed by atoms with E-state index in [0.29, 0.717) is 28.6 Å². The largest absolute Gasteiger partial charge is 0.497 e. The summed E-state index contributed by atoms with van der Waals surface area (Å²) in [6.07, 6.45) is 0.808. The van der Waals surface area contributed by atoms with Crippen LogP contribution in [0.1, 0.15) is 15.9 Å². The van der Waals surface area contributed by atoms with Crippen LogP contribution in [-0.4, -0.2) is 50.2 Å². The molecule has 162 valence electrons. The fourth-order valence-electron chi connectivity index (χ4n) is 2.99. The molecule has 0 bridgehead atoms. The number of hydrogen-bond donors (Lipinski definition) is 1. The molecular weight excluding hydrogens is 418 g/mol. The maximum absolute atomic E-state index is 12.3. The molecule has 2 aromatic carbocycles. The average molecular weight is 442 g/mol. The minimum absolute atomic E-state index is 0.0472. The molecule has 0 fully saturated rings. The molecule has 0 aliphatic carbocycles. The summed E-state index contributed by atoms with van der Waals surface area (Å²) >= 11 is 6.20. The Bertz CT molecular complexity index is 1040. The number of nitrogens with zero attached hydrogens (tertiary/aromatic N) is 2. The molecule has 0 aliphatic heterocycles. The zero-order chi connectivity index (χ0) is 22.2. The third-order valence-electron chi connectivity index (χ3n) is 4.61. The number of nitrogens with one attached hydrogen (secondary N) is 1. The second-order valence-electron chi connectivity index (χ2n) is 6.70. The van der Waals surface area contributed by atoms with E-state index in [1.54, 1.807) is 25.3 Å². The summed E-state index contributed by atoms with van der Waals surface area (Å²) in [6.45, 7) is 0.624. The summed E-state index contributed by atoms with van der Waals surface area (Å²) in [5, 5.41) is 3.67. The van der Waals surface area contributed by atoms with Crippen LogP contribution in [0.15, 0.2) is 48.5 Å². The first kappa shape index (κ1) is 22.5. The molecule has 0 spiro atoms. The van der Waals surface area contributed by atoms with Crippen molar-refractivity contribution in [3.63, 3.8) is 0 Å². The maximum atomic E-state index is 12.3. The summed E-state index contributed by atoms with van der Waals surface area (Å²) in [5.41, 5.74) is 2.89. The first-order valence-corrected chi connectivity index (χ1v) is 10.0. The highest BCUT2D eigenvalue weighted by Crippen LogP contribution is 2.27. The maximum Gasteiger partial charge on any atom is 0.318 e. The van der Waals surface area contributed by atoms with E-state index in [4.69, 9.17) is 25.8 Å². The Morgan fingerprint density at radius 2 is 1.77 bits per heavy atom. The number of halogens is 1. The zero-order valence-corrected chi connectivity index (χ0v) is 18.4. The Morgan fingerprint density at radius 1 is 1.00 bits per heavy atom. The van der Waals surface area contributed by atoms with Gasteiger partial charge in [-0.2, -0.15) is 9.97 Å². The summed E-state index contributed by atoms with van der Waals surface area (Å²) in [4.78, 5) is 21.0. The van der Waals surface area contributed by atoms with Crippen molar-refractivity contribution in [2.75, 3.05) is 39.8 Å². The Morgan fingerprint density at radius 3 is 2.45 bits per heavy atom. The van der Waals surface area contributed by atoms with Crippen LogP contribution in [0.3, 0.4) is 0 Å². The van der Waals surface area contributed by atoms with E-state index < -0.39 is 0 Å². The lowest BCUT2D eigenvalue weighted by Crippen LogP contribution is -2.09. The van der Waals surface area contributed by atoms with Crippen molar-refractivity contribution >= 4 is 23.2 Å². The third kappa shape index (κ3) is 5.93. The van der Waals surface area contributed by atoms with E-state index in [9.17, 15) is 4.79 Å².